The summed E-state index contributed by atoms with van der Waals surface area (Å²) in [5.41, 5.74) is -4.10. The van der Waals surface area contributed by atoms with Crippen LogP contribution in [-0.2, 0) is 18.6 Å². The number of rotatable bonds is 9. The molecule has 0 amide bonds. The number of hydrogen-bond acceptors (Lipinski definition) is 9. The summed E-state index contributed by atoms with van der Waals surface area (Å²) < 4.78 is 30.3. The van der Waals surface area contributed by atoms with Gasteiger partial charge in [-0.05, 0) is 19.1 Å². The topological polar surface area (TPSA) is 189 Å². The minimum Gasteiger partial charge on any atom is -0.480 e. The van der Waals surface area contributed by atoms with Crippen LogP contribution in [0.15, 0.2) is 52.2 Å². The maximum atomic E-state index is 13.3. The molecule has 2 aromatic rings. The van der Waals surface area contributed by atoms with E-state index in [-0.39, 0.29) is 5.75 Å². The SMILES string of the molecule is C#C[C@@]1(O)[C@H](O)[C@@H](COP(=O)(N[C@@H](C)C(=O)O)Oc2ccccc2)O[C@H]1n1ccc(=O)[nH]c1=O. The van der Waals surface area contributed by atoms with Gasteiger partial charge in [-0.1, -0.05) is 24.1 Å². The number of aliphatic hydroxyl groups excluding tert-OH is 1. The van der Waals surface area contributed by atoms with Gasteiger partial charge in [0.2, 0.25) is 0 Å². The maximum Gasteiger partial charge on any atom is 0.459 e. The number of carboxylic acid groups (broad SMARTS) is 1. The summed E-state index contributed by atoms with van der Waals surface area (Å²) in [6.07, 6.45) is 1.51. The van der Waals surface area contributed by atoms with E-state index in [0.29, 0.717) is 0 Å². The van der Waals surface area contributed by atoms with Crippen molar-refractivity contribution >= 4 is 13.7 Å². The molecule has 5 N–H and O–H groups in total. The number of benzene rings is 1. The Balaban J connectivity index is 1.85. The highest BCUT2D eigenvalue weighted by atomic mass is 31.2. The highest BCUT2D eigenvalue weighted by molar-refractivity contribution is 7.52. The fraction of sp³-hybridized carbons (Fsp3) is 0.350. The van der Waals surface area contributed by atoms with Crippen molar-refractivity contribution in [2.45, 2.75) is 37.0 Å². The van der Waals surface area contributed by atoms with Crippen LogP contribution >= 0.6 is 7.75 Å². The van der Waals surface area contributed by atoms with Crippen LogP contribution in [-0.4, -0.2) is 61.3 Å². The summed E-state index contributed by atoms with van der Waals surface area (Å²) in [5.74, 6) is 0.737. The molecule has 1 unspecified atom stereocenters. The summed E-state index contributed by atoms with van der Waals surface area (Å²) >= 11 is 0. The Kier molecular flexibility index (Phi) is 7.42. The largest absolute Gasteiger partial charge is 0.480 e. The number of carboxylic acids is 1. The van der Waals surface area contributed by atoms with Crippen molar-refractivity contribution in [2.75, 3.05) is 6.61 Å². The summed E-state index contributed by atoms with van der Waals surface area (Å²) in [6.45, 7) is 0.520. The van der Waals surface area contributed by atoms with Crippen molar-refractivity contribution in [3.63, 3.8) is 0 Å². The highest BCUT2D eigenvalue weighted by Gasteiger charge is 2.56. The van der Waals surface area contributed by atoms with E-state index >= 15 is 0 Å². The van der Waals surface area contributed by atoms with Crippen LogP contribution in [0.2, 0.25) is 0 Å². The molecule has 1 aliphatic heterocycles. The number of nitrogens with zero attached hydrogens (tertiary/aromatic N) is 1. The van der Waals surface area contributed by atoms with Crippen molar-refractivity contribution in [1.29, 1.82) is 0 Å². The van der Waals surface area contributed by atoms with Gasteiger partial charge in [0.25, 0.3) is 5.56 Å². The average molecular weight is 495 g/mol. The number of para-hydroxylation sites is 1. The summed E-state index contributed by atoms with van der Waals surface area (Å²) in [6, 6.07) is 7.40. The van der Waals surface area contributed by atoms with Crippen molar-refractivity contribution < 1.29 is 38.5 Å². The minimum absolute atomic E-state index is 0.0987. The number of aromatic amines is 1. The number of terminal acetylenes is 1. The van der Waals surface area contributed by atoms with Gasteiger partial charge in [-0.3, -0.25) is 23.7 Å². The predicted molar refractivity (Wildman–Crippen MR) is 116 cm³/mol. The first-order valence-corrected chi connectivity index (χ1v) is 11.4. The second-order valence-corrected chi connectivity index (χ2v) is 9.04. The van der Waals surface area contributed by atoms with Gasteiger partial charge in [-0.15, -0.1) is 6.42 Å². The first-order chi connectivity index (χ1) is 16.0. The standard InChI is InChI=1S/C20H22N3O10P/c1-3-20(29)16(25)14(32-18(20)23-10-9-15(24)21-19(23)28)11-31-34(30,22-12(2)17(26)27)33-13-7-5-4-6-8-13/h1,4-10,12,14,16,18,25,29H,11H2,2H3,(H,22,30)(H,26,27)(H,21,24,28)/t12-,14+,16+,18+,20+,34?/m0/s1. The molecule has 34 heavy (non-hydrogen) atoms. The minimum atomic E-state index is -4.36. The number of aliphatic hydroxyl groups is 2. The molecule has 0 spiro atoms. The van der Waals surface area contributed by atoms with E-state index < -0.39 is 61.7 Å². The smallest absolute Gasteiger partial charge is 0.459 e. The normalized spacial score (nSPS) is 26.8. The van der Waals surface area contributed by atoms with Gasteiger partial charge in [0.15, 0.2) is 11.8 Å². The monoisotopic (exact) mass is 495 g/mol. The van der Waals surface area contributed by atoms with Gasteiger partial charge < -0.3 is 24.6 Å². The lowest BCUT2D eigenvalue weighted by Crippen LogP contribution is -2.48. The maximum absolute atomic E-state index is 13.3. The lowest BCUT2D eigenvalue weighted by atomic mass is 9.95. The molecule has 1 saturated heterocycles. The molecule has 1 aromatic heterocycles. The van der Waals surface area contributed by atoms with Crippen LogP contribution < -0.4 is 20.9 Å². The van der Waals surface area contributed by atoms with Crippen LogP contribution in [0.3, 0.4) is 0 Å². The van der Waals surface area contributed by atoms with Gasteiger partial charge in [0.1, 0.15) is 24.0 Å². The molecule has 0 saturated carbocycles. The predicted octanol–water partition coefficient (Wildman–Crippen LogP) is -0.574. The zero-order valence-corrected chi connectivity index (χ0v) is 18.6. The molecule has 3 rings (SSSR count). The fourth-order valence-electron chi connectivity index (χ4n) is 3.12. The van der Waals surface area contributed by atoms with Crippen LogP contribution in [0.1, 0.15) is 13.2 Å². The molecule has 0 aliphatic carbocycles. The van der Waals surface area contributed by atoms with Gasteiger partial charge in [0, 0.05) is 12.3 Å². The number of ether oxygens (including phenoxy) is 1. The van der Waals surface area contributed by atoms with Gasteiger partial charge in [0.05, 0.1) is 6.61 Å². The van der Waals surface area contributed by atoms with Crippen LogP contribution in [0.4, 0.5) is 0 Å². The molecule has 182 valence electrons. The third-order valence-electron chi connectivity index (χ3n) is 4.92. The van der Waals surface area contributed by atoms with E-state index in [9.17, 15) is 29.2 Å². The van der Waals surface area contributed by atoms with Gasteiger partial charge in [-0.25, -0.2) is 9.36 Å². The number of nitrogens with one attached hydrogen (secondary N) is 2. The lowest BCUT2D eigenvalue weighted by Gasteiger charge is -2.26. The summed E-state index contributed by atoms with van der Waals surface area (Å²) in [5, 5.41) is 32.8. The highest BCUT2D eigenvalue weighted by Crippen LogP contribution is 2.46. The van der Waals surface area contributed by atoms with Gasteiger partial charge >= 0.3 is 19.4 Å². The quantitative estimate of drug-likeness (QED) is 0.221. The number of aliphatic carboxylic acids is 1. The molecule has 1 fully saturated rings. The van der Waals surface area contributed by atoms with Crippen molar-refractivity contribution in [3.8, 4) is 18.1 Å². The molecular formula is C20H22N3O10P. The van der Waals surface area contributed by atoms with Gasteiger partial charge in [-0.2, -0.15) is 5.09 Å². The molecule has 0 bridgehead atoms. The number of aromatic nitrogens is 2. The van der Waals surface area contributed by atoms with Crippen molar-refractivity contribution in [1.82, 2.24) is 14.6 Å². The first-order valence-electron chi connectivity index (χ1n) is 9.84. The zero-order chi connectivity index (χ0) is 25.1. The molecule has 2 heterocycles. The second-order valence-electron chi connectivity index (χ2n) is 7.35. The van der Waals surface area contributed by atoms with Crippen LogP contribution in [0, 0.1) is 12.3 Å². The average Bonchev–Trinajstić information content (AvgIpc) is 3.04. The van der Waals surface area contributed by atoms with Crippen molar-refractivity contribution in [3.05, 3.63) is 63.4 Å². The Morgan fingerprint density at radius 3 is 2.65 bits per heavy atom. The van der Waals surface area contributed by atoms with Crippen LogP contribution in [0.5, 0.6) is 5.75 Å². The summed E-state index contributed by atoms with van der Waals surface area (Å²) in [7, 11) is -4.36. The molecule has 13 nitrogen and oxygen atoms in total. The molecular weight excluding hydrogens is 473 g/mol. The fourth-order valence-corrected chi connectivity index (χ4v) is 4.63. The van der Waals surface area contributed by atoms with E-state index in [1.807, 2.05) is 10.9 Å². The van der Waals surface area contributed by atoms with Crippen LogP contribution in [0.25, 0.3) is 0 Å². The zero-order valence-electron chi connectivity index (χ0n) is 17.7. The van der Waals surface area contributed by atoms with E-state index in [2.05, 4.69) is 5.09 Å². The Bertz CT molecular complexity index is 1240. The Morgan fingerprint density at radius 2 is 2.06 bits per heavy atom. The van der Waals surface area contributed by atoms with E-state index in [1.165, 1.54) is 19.1 Å². The Hall–Kier alpha value is -3.24. The van der Waals surface area contributed by atoms with E-state index in [4.69, 9.17) is 25.3 Å². The first kappa shape index (κ1) is 25.4. The second kappa shape index (κ2) is 9.94. The molecule has 0 radical (unpaired) electrons. The molecule has 6 atom stereocenters. The number of carbonyl (C=O) groups is 1. The van der Waals surface area contributed by atoms with E-state index in [0.717, 1.165) is 16.8 Å². The third-order valence-corrected chi connectivity index (χ3v) is 6.56. The third kappa shape index (κ3) is 5.28. The number of H-pyrrole nitrogens is 1. The molecule has 1 aromatic carbocycles. The molecule has 1 aliphatic rings. The Morgan fingerprint density at radius 1 is 1.38 bits per heavy atom. The molecule has 14 heteroatoms. The Labute approximate surface area is 192 Å². The number of hydrogen-bond donors (Lipinski definition) is 5. The lowest BCUT2D eigenvalue weighted by molar-refractivity contribution is -0.138. The van der Waals surface area contributed by atoms with Crippen molar-refractivity contribution in [2.24, 2.45) is 0 Å². The van der Waals surface area contributed by atoms with E-state index in [1.54, 1.807) is 18.2 Å². The summed E-state index contributed by atoms with van der Waals surface area (Å²) in [4.78, 5) is 36.7.